The van der Waals surface area contributed by atoms with Crippen molar-refractivity contribution < 1.29 is 4.79 Å². The van der Waals surface area contributed by atoms with E-state index < -0.39 is 0 Å². The summed E-state index contributed by atoms with van der Waals surface area (Å²) in [7, 11) is 0. The number of carbonyl (C=O) groups is 1. The summed E-state index contributed by atoms with van der Waals surface area (Å²) >= 11 is 6.03. The molecule has 0 unspecified atom stereocenters. The van der Waals surface area contributed by atoms with Gasteiger partial charge in [0.05, 0.1) is 10.7 Å². The van der Waals surface area contributed by atoms with Gasteiger partial charge in [-0.25, -0.2) is 0 Å². The first-order chi connectivity index (χ1) is 8.02. The third-order valence-corrected chi connectivity index (χ3v) is 3.49. The topological polar surface area (TPSA) is 32.9 Å². The van der Waals surface area contributed by atoms with E-state index >= 15 is 0 Å². The van der Waals surface area contributed by atoms with Crippen molar-refractivity contribution in [2.45, 2.75) is 20.8 Å². The lowest BCUT2D eigenvalue weighted by Crippen LogP contribution is -2.04. The first-order valence-corrected chi connectivity index (χ1v) is 5.85. The lowest BCUT2D eigenvalue weighted by atomic mass is 10.0. The molecule has 0 radical (unpaired) electrons. The van der Waals surface area contributed by atoms with Gasteiger partial charge in [0.15, 0.2) is 0 Å². The van der Waals surface area contributed by atoms with E-state index in [1.807, 2.05) is 32.9 Å². The highest BCUT2D eigenvalue weighted by Crippen LogP contribution is 2.23. The fourth-order valence-corrected chi connectivity index (χ4v) is 2.07. The average Bonchev–Trinajstić information content (AvgIpc) is 2.57. The Morgan fingerprint density at radius 2 is 1.76 bits per heavy atom. The van der Waals surface area contributed by atoms with Gasteiger partial charge in [-0.3, -0.25) is 4.79 Å². The highest BCUT2D eigenvalue weighted by Gasteiger charge is 2.18. The fraction of sp³-hybridized carbons (Fsp3) is 0.214. The molecular formula is C14H14ClNO. The Kier molecular flexibility index (Phi) is 3.07. The van der Waals surface area contributed by atoms with Crippen molar-refractivity contribution in [3.63, 3.8) is 0 Å². The number of H-pyrrole nitrogens is 1. The molecule has 0 saturated heterocycles. The summed E-state index contributed by atoms with van der Waals surface area (Å²) in [6.45, 7) is 5.92. The number of aromatic nitrogens is 1. The van der Waals surface area contributed by atoms with Crippen LogP contribution in [0.15, 0.2) is 24.3 Å². The predicted molar refractivity (Wildman–Crippen MR) is 69.9 cm³/mol. The van der Waals surface area contributed by atoms with Gasteiger partial charge in [-0.1, -0.05) is 23.7 Å². The van der Waals surface area contributed by atoms with E-state index in [-0.39, 0.29) is 5.78 Å². The Bertz CT molecular complexity index is 584. The zero-order valence-corrected chi connectivity index (χ0v) is 10.9. The number of benzene rings is 1. The second-order valence-corrected chi connectivity index (χ2v) is 4.59. The van der Waals surface area contributed by atoms with Crippen LogP contribution in [0.1, 0.15) is 32.9 Å². The van der Waals surface area contributed by atoms with Gasteiger partial charge in [-0.2, -0.15) is 0 Å². The van der Waals surface area contributed by atoms with Crippen LogP contribution in [0.2, 0.25) is 5.02 Å². The summed E-state index contributed by atoms with van der Waals surface area (Å²) < 4.78 is 0. The molecule has 0 saturated carbocycles. The zero-order chi connectivity index (χ0) is 12.6. The van der Waals surface area contributed by atoms with Crippen LogP contribution >= 0.6 is 11.6 Å². The lowest BCUT2D eigenvalue weighted by molar-refractivity contribution is 0.103. The Morgan fingerprint density at radius 3 is 2.29 bits per heavy atom. The summed E-state index contributed by atoms with van der Waals surface area (Å²) in [5.41, 5.74) is 4.32. The molecule has 3 heteroatoms. The van der Waals surface area contributed by atoms with E-state index in [4.69, 9.17) is 11.6 Å². The van der Waals surface area contributed by atoms with Crippen LogP contribution in [0.4, 0.5) is 0 Å². The minimum atomic E-state index is -0.0516. The summed E-state index contributed by atoms with van der Waals surface area (Å²) in [5, 5.41) is 0.488. The number of nitrogens with one attached hydrogen (secondary N) is 1. The maximum absolute atomic E-state index is 12.3. The third kappa shape index (κ3) is 2.01. The number of carbonyl (C=O) groups excluding carboxylic acids is 1. The normalized spacial score (nSPS) is 10.6. The third-order valence-electron chi connectivity index (χ3n) is 3.16. The minimum Gasteiger partial charge on any atom is -0.356 e. The molecule has 0 atom stereocenters. The first kappa shape index (κ1) is 11.9. The number of hydrogen-bond acceptors (Lipinski definition) is 1. The summed E-state index contributed by atoms with van der Waals surface area (Å²) in [4.78, 5) is 15.5. The second-order valence-electron chi connectivity index (χ2n) is 4.18. The van der Waals surface area contributed by atoms with Crippen LogP contribution in [0, 0.1) is 20.8 Å². The van der Waals surface area contributed by atoms with E-state index in [1.165, 1.54) is 0 Å². The SMILES string of the molecule is Cc1[nH]c(C(=O)c2ccccc2Cl)c(C)c1C. The standard InChI is InChI=1S/C14H14ClNO/c1-8-9(2)13(16-10(8)3)14(17)11-6-4-5-7-12(11)15/h4-7,16H,1-3H3. The Morgan fingerprint density at radius 1 is 1.12 bits per heavy atom. The molecule has 0 amide bonds. The van der Waals surface area contributed by atoms with Gasteiger partial charge in [-0.05, 0) is 44.0 Å². The molecular weight excluding hydrogens is 234 g/mol. The van der Waals surface area contributed by atoms with Gasteiger partial charge >= 0.3 is 0 Å². The predicted octanol–water partition coefficient (Wildman–Crippen LogP) is 3.82. The molecule has 0 spiro atoms. The summed E-state index contributed by atoms with van der Waals surface area (Å²) in [5.74, 6) is -0.0516. The van der Waals surface area contributed by atoms with Crippen LogP contribution < -0.4 is 0 Å². The van der Waals surface area contributed by atoms with Crippen LogP contribution in [0.3, 0.4) is 0 Å². The van der Waals surface area contributed by atoms with E-state index in [9.17, 15) is 4.79 Å². The molecule has 1 heterocycles. The molecule has 0 aliphatic rings. The Balaban J connectivity index is 2.52. The molecule has 88 valence electrons. The van der Waals surface area contributed by atoms with Gasteiger partial charge in [0.2, 0.25) is 5.78 Å². The Hall–Kier alpha value is -1.54. The number of rotatable bonds is 2. The number of halogens is 1. The van der Waals surface area contributed by atoms with E-state index in [0.29, 0.717) is 16.3 Å². The first-order valence-electron chi connectivity index (χ1n) is 5.47. The molecule has 1 aromatic heterocycles. The molecule has 1 aromatic carbocycles. The largest absolute Gasteiger partial charge is 0.356 e. The number of aromatic amines is 1. The number of hydrogen-bond donors (Lipinski definition) is 1. The fourth-order valence-electron chi connectivity index (χ4n) is 1.85. The number of ketones is 1. The van der Waals surface area contributed by atoms with Crippen LogP contribution in [0.5, 0.6) is 0 Å². The maximum Gasteiger partial charge on any atom is 0.210 e. The minimum absolute atomic E-state index is 0.0516. The van der Waals surface area contributed by atoms with Crippen molar-refractivity contribution in [3.8, 4) is 0 Å². The van der Waals surface area contributed by atoms with Gasteiger partial charge in [0.25, 0.3) is 0 Å². The van der Waals surface area contributed by atoms with E-state index in [1.54, 1.807) is 12.1 Å². The van der Waals surface area contributed by atoms with Crippen LogP contribution in [-0.2, 0) is 0 Å². The smallest absolute Gasteiger partial charge is 0.210 e. The highest BCUT2D eigenvalue weighted by molar-refractivity contribution is 6.34. The van der Waals surface area contributed by atoms with Crippen molar-refractivity contribution in [1.82, 2.24) is 4.98 Å². The lowest BCUT2D eigenvalue weighted by Gasteiger charge is -2.02. The van der Waals surface area contributed by atoms with Gasteiger partial charge in [0.1, 0.15) is 0 Å². The van der Waals surface area contributed by atoms with E-state index in [0.717, 1.165) is 16.8 Å². The molecule has 2 nitrogen and oxygen atoms in total. The molecule has 0 aliphatic heterocycles. The van der Waals surface area contributed by atoms with Crippen molar-refractivity contribution >= 4 is 17.4 Å². The number of aryl methyl sites for hydroxylation is 1. The van der Waals surface area contributed by atoms with Crippen molar-refractivity contribution in [3.05, 3.63) is 57.4 Å². The molecule has 2 rings (SSSR count). The monoisotopic (exact) mass is 247 g/mol. The summed E-state index contributed by atoms with van der Waals surface area (Å²) in [6, 6.07) is 7.11. The van der Waals surface area contributed by atoms with Crippen molar-refractivity contribution in [2.75, 3.05) is 0 Å². The highest BCUT2D eigenvalue weighted by atomic mass is 35.5. The second kappa shape index (κ2) is 4.38. The maximum atomic E-state index is 12.3. The zero-order valence-electron chi connectivity index (χ0n) is 10.1. The van der Waals surface area contributed by atoms with Crippen LogP contribution in [-0.4, -0.2) is 10.8 Å². The van der Waals surface area contributed by atoms with Gasteiger partial charge in [-0.15, -0.1) is 0 Å². The quantitative estimate of drug-likeness (QED) is 0.804. The van der Waals surface area contributed by atoms with Crippen molar-refractivity contribution in [2.24, 2.45) is 0 Å². The van der Waals surface area contributed by atoms with E-state index in [2.05, 4.69) is 4.98 Å². The molecule has 0 bridgehead atoms. The average molecular weight is 248 g/mol. The molecule has 0 aliphatic carbocycles. The molecule has 0 fully saturated rings. The molecule has 17 heavy (non-hydrogen) atoms. The molecule has 2 aromatic rings. The molecule has 1 N–H and O–H groups in total. The van der Waals surface area contributed by atoms with Gasteiger partial charge < -0.3 is 4.98 Å². The van der Waals surface area contributed by atoms with Crippen LogP contribution in [0.25, 0.3) is 0 Å². The Labute approximate surface area is 106 Å². The van der Waals surface area contributed by atoms with Crippen molar-refractivity contribution in [1.29, 1.82) is 0 Å². The van der Waals surface area contributed by atoms with Gasteiger partial charge in [0, 0.05) is 11.3 Å². The summed E-state index contributed by atoms with van der Waals surface area (Å²) in [6.07, 6.45) is 0.